The fourth-order valence-electron chi connectivity index (χ4n) is 0.779. The first-order valence-electron chi connectivity index (χ1n) is 3.34. The normalized spacial score (nSPS) is 13.1. The van der Waals surface area contributed by atoms with Crippen molar-refractivity contribution in [2.45, 2.75) is 26.2 Å². The van der Waals surface area contributed by atoms with Crippen molar-refractivity contribution in [1.82, 2.24) is 0 Å². The molecule has 2 heteroatoms. The molecule has 0 rings (SSSR count). The Kier molecular flexibility index (Phi) is 6.06. The molecule has 0 amide bonds. The molecule has 0 aromatic rings. The van der Waals surface area contributed by atoms with E-state index in [1.165, 1.54) is 0 Å². The molecule has 0 aliphatic heterocycles. The van der Waals surface area contributed by atoms with Crippen LogP contribution in [0.2, 0.25) is 0 Å². The SMILES string of the molecule is CCC(CC=O)CCCl. The van der Waals surface area contributed by atoms with Crippen molar-refractivity contribution in [1.29, 1.82) is 0 Å². The van der Waals surface area contributed by atoms with Crippen LogP contribution in [-0.2, 0) is 4.79 Å². The summed E-state index contributed by atoms with van der Waals surface area (Å²) in [6, 6.07) is 0. The predicted octanol–water partition coefficient (Wildman–Crippen LogP) is 2.23. The van der Waals surface area contributed by atoms with Crippen molar-refractivity contribution >= 4 is 17.9 Å². The van der Waals surface area contributed by atoms with Crippen LogP contribution in [0.3, 0.4) is 0 Å². The van der Waals surface area contributed by atoms with Gasteiger partial charge >= 0.3 is 0 Å². The summed E-state index contributed by atoms with van der Waals surface area (Å²) < 4.78 is 0. The maximum absolute atomic E-state index is 10.0. The van der Waals surface area contributed by atoms with Crippen LogP contribution < -0.4 is 0 Å². The van der Waals surface area contributed by atoms with Gasteiger partial charge in [-0.3, -0.25) is 0 Å². The van der Waals surface area contributed by atoms with E-state index in [1.54, 1.807) is 0 Å². The van der Waals surface area contributed by atoms with E-state index in [2.05, 4.69) is 6.92 Å². The van der Waals surface area contributed by atoms with Crippen LogP contribution in [0.5, 0.6) is 0 Å². The lowest BCUT2D eigenvalue weighted by molar-refractivity contribution is -0.108. The predicted molar refractivity (Wildman–Crippen MR) is 39.8 cm³/mol. The molecular formula is C7H13ClO. The van der Waals surface area contributed by atoms with Crippen LogP contribution >= 0.6 is 11.6 Å². The van der Waals surface area contributed by atoms with Gasteiger partial charge in [0.25, 0.3) is 0 Å². The highest BCUT2D eigenvalue weighted by Crippen LogP contribution is 2.11. The molecule has 0 heterocycles. The lowest BCUT2D eigenvalue weighted by Gasteiger charge is -2.06. The Morgan fingerprint density at radius 2 is 2.33 bits per heavy atom. The third-order valence-corrected chi connectivity index (χ3v) is 1.74. The van der Waals surface area contributed by atoms with Gasteiger partial charge in [-0.1, -0.05) is 13.3 Å². The topological polar surface area (TPSA) is 17.1 Å². The van der Waals surface area contributed by atoms with E-state index in [9.17, 15) is 4.79 Å². The van der Waals surface area contributed by atoms with E-state index in [0.717, 1.165) is 19.1 Å². The molecule has 0 aliphatic carbocycles. The lowest BCUT2D eigenvalue weighted by Crippen LogP contribution is -1.99. The molecule has 0 saturated carbocycles. The molecule has 54 valence electrons. The van der Waals surface area contributed by atoms with Gasteiger partial charge in [0.2, 0.25) is 0 Å². The van der Waals surface area contributed by atoms with Crippen molar-refractivity contribution in [2.75, 3.05) is 5.88 Å². The standard InChI is InChI=1S/C7H13ClO/c1-2-7(3-5-8)4-6-9/h6-7H,2-5H2,1H3. The Balaban J connectivity index is 3.28. The van der Waals surface area contributed by atoms with Crippen molar-refractivity contribution < 1.29 is 4.79 Å². The Morgan fingerprint density at radius 3 is 2.67 bits per heavy atom. The Bertz CT molecular complexity index is 73.3. The van der Waals surface area contributed by atoms with Gasteiger partial charge in [-0.05, 0) is 12.3 Å². The van der Waals surface area contributed by atoms with Crippen molar-refractivity contribution in [3.05, 3.63) is 0 Å². The summed E-state index contributed by atoms with van der Waals surface area (Å²) >= 11 is 5.49. The van der Waals surface area contributed by atoms with Crippen LogP contribution in [-0.4, -0.2) is 12.2 Å². The highest BCUT2D eigenvalue weighted by molar-refractivity contribution is 6.17. The van der Waals surface area contributed by atoms with Gasteiger partial charge in [0.15, 0.2) is 0 Å². The van der Waals surface area contributed by atoms with E-state index >= 15 is 0 Å². The van der Waals surface area contributed by atoms with Gasteiger partial charge in [0, 0.05) is 12.3 Å². The number of alkyl halides is 1. The number of rotatable bonds is 5. The highest BCUT2D eigenvalue weighted by Gasteiger charge is 2.02. The summed E-state index contributed by atoms with van der Waals surface area (Å²) in [6.07, 6.45) is 3.67. The largest absolute Gasteiger partial charge is 0.303 e. The van der Waals surface area contributed by atoms with Gasteiger partial charge in [-0.25, -0.2) is 0 Å². The van der Waals surface area contributed by atoms with Gasteiger partial charge in [0.05, 0.1) is 0 Å². The summed E-state index contributed by atoms with van der Waals surface area (Å²) in [5.41, 5.74) is 0. The first-order valence-corrected chi connectivity index (χ1v) is 3.88. The van der Waals surface area contributed by atoms with Crippen molar-refractivity contribution in [2.24, 2.45) is 5.92 Å². The molecule has 0 aromatic heterocycles. The van der Waals surface area contributed by atoms with Crippen LogP contribution in [0, 0.1) is 5.92 Å². The van der Waals surface area contributed by atoms with Crippen LogP contribution in [0.15, 0.2) is 0 Å². The number of hydrogen-bond acceptors (Lipinski definition) is 1. The second-order valence-electron chi connectivity index (χ2n) is 2.15. The molecule has 0 N–H and O–H groups in total. The summed E-state index contributed by atoms with van der Waals surface area (Å²) in [5.74, 6) is 1.19. The average molecular weight is 149 g/mol. The summed E-state index contributed by atoms with van der Waals surface area (Å²) in [5, 5.41) is 0. The fourth-order valence-corrected chi connectivity index (χ4v) is 1.09. The smallest absolute Gasteiger partial charge is 0.120 e. The molecule has 1 unspecified atom stereocenters. The van der Waals surface area contributed by atoms with E-state index < -0.39 is 0 Å². The van der Waals surface area contributed by atoms with Gasteiger partial charge in [-0.2, -0.15) is 0 Å². The Labute approximate surface area is 61.4 Å². The van der Waals surface area contributed by atoms with Gasteiger partial charge in [-0.15, -0.1) is 11.6 Å². The Morgan fingerprint density at radius 1 is 1.67 bits per heavy atom. The van der Waals surface area contributed by atoms with Gasteiger partial charge < -0.3 is 4.79 Å². The number of carbonyl (C=O) groups excluding carboxylic acids is 1. The fraction of sp³-hybridized carbons (Fsp3) is 0.857. The second-order valence-corrected chi connectivity index (χ2v) is 2.53. The Hall–Kier alpha value is -0.0400. The molecule has 0 saturated heterocycles. The van der Waals surface area contributed by atoms with Gasteiger partial charge in [0.1, 0.15) is 6.29 Å². The lowest BCUT2D eigenvalue weighted by atomic mass is 10.0. The monoisotopic (exact) mass is 148 g/mol. The van der Waals surface area contributed by atoms with E-state index in [4.69, 9.17) is 11.6 Å². The minimum atomic E-state index is 0.514. The van der Waals surface area contributed by atoms with Crippen LogP contribution in [0.4, 0.5) is 0 Å². The summed E-state index contributed by atoms with van der Waals surface area (Å²) in [4.78, 5) is 10.0. The molecule has 0 radical (unpaired) electrons. The maximum atomic E-state index is 10.0. The number of hydrogen-bond donors (Lipinski definition) is 0. The second kappa shape index (κ2) is 6.09. The van der Waals surface area contributed by atoms with E-state index in [0.29, 0.717) is 18.2 Å². The molecule has 0 aliphatic rings. The molecule has 0 aromatic carbocycles. The molecule has 1 nitrogen and oxygen atoms in total. The van der Waals surface area contributed by atoms with Crippen molar-refractivity contribution in [3.8, 4) is 0 Å². The number of halogens is 1. The first kappa shape index (κ1) is 8.96. The maximum Gasteiger partial charge on any atom is 0.120 e. The van der Waals surface area contributed by atoms with E-state index in [1.807, 2.05) is 0 Å². The first-order chi connectivity index (χ1) is 4.35. The molecule has 0 fully saturated rings. The summed E-state index contributed by atoms with van der Waals surface area (Å²) in [7, 11) is 0. The minimum absolute atomic E-state index is 0.514. The third kappa shape index (κ3) is 4.46. The summed E-state index contributed by atoms with van der Waals surface area (Å²) in [6.45, 7) is 2.08. The zero-order valence-corrected chi connectivity index (χ0v) is 6.53. The zero-order chi connectivity index (χ0) is 7.11. The minimum Gasteiger partial charge on any atom is -0.303 e. The number of carbonyl (C=O) groups is 1. The van der Waals surface area contributed by atoms with Crippen LogP contribution in [0.1, 0.15) is 26.2 Å². The molecule has 0 spiro atoms. The molecule has 9 heavy (non-hydrogen) atoms. The molecular weight excluding hydrogens is 136 g/mol. The highest BCUT2D eigenvalue weighted by atomic mass is 35.5. The zero-order valence-electron chi connectivity index (χ0n) is 5.77. The third-order valence-electron chi connectivity index (χ3n) is 1.52. The number of aldehydes is 1. The quantitative estimate of drug-likeness (QED) is 0.432. The van der Waals surface area contributed by atoms with Crippen LogP contribution in [0.25, 0.3) is 0 Å². The average Bonchev–Trinajstić information content (AvgIpc) is 1.88. The molecule has 0 bridgehead atoms. The van der Waals surface area contributed by atoms with E-state index in [-0.39, 0.29) is 0 Å². The van der Waals surface area contributed by atoms with Crippen molar-refractivity contribution in [3.63, 3.8) is 0 Å². The molecule has 1 atom stereocenters.